The number of benzene rings is 1. The minimum absolute atomic E-state index is 0.0507. The van der Waals surface area contributed by atoms with Crippen molar-refractivity contribution in [1.29, 1.82) is 0 Å². The maximum Gasteiger partial charge on any atom is 0.227 e. The number of nitrogens with one attached hydrogen (secondary N) is 1. The normalized spacial score (nSPS) is 12.3. The highest BCUT2D eigenvalue weighted by Crippen LogP contribution is 2.24. The van der Waals surface area contributed by atoms with Crippen molar-refractivity contribution in [2.24, 2.45) is 10.9 Å². The lowest BCUT2D eigenvalue weighted by atomic mass is 10.0. The van der Waals surface area contributed by atoms with E-state index in [1.54, 1.807) is 19.2 Å². The van der Waals surface area contributed by atoms with Gasteiger partial charge in [-0.3, -0.25) is 4.79 Å². The molecule has 1 rings (SSSR count). The number of nitrogens with two attached hydrogens (primary N) is 1. The fraction of sp³-hybridized carbons (Fsp3) is 0.385. The Kier molecular flexibility index (Phi) is 5.35. The zero-order chi connectivity index (χ0) is 15.3. The molecule has 0 aromatic heterocycles. The van der Waals surface area contributed by atoms with Gasteiger partial charge in [-0.25, -0.2) is 0 Å². The number of halogens is 1. The predicted octanol–water partition coefficient (Wildman–Crippen LogP) is 2.19. The van der Waals surface area contributed by atoms with E-state index in [0.717, 1.165) is 0 Å². The molecule has 0 atom stereocenters. The fourth-order valence-corrected chi connectivity index (χ4v) is 1.71. The monoisotopic (exact) mass is 299 g/mol. The third-order valence-corrected chi connectivity index (χ3v) is 3.10. The maximum atomic E-state index is 11.9. The van der Waals surface area contributed by atoms with E-state index in [9.17, 15) is 4.79 Å². The number of amidine groups is 1. The molecule has 1 amide bonds. The smallest absolute Gasteiger partial charge is 0.227 e. The van der Waals surface area contributed by atoms with Crippen LogP contribution in [0.25, 0.3) is 0 Å². The van der Waals surface area contributed by atoms with Crippen LogP contribution in [0.1, 0.15) is 25.8 Å². The van der Waals surface area contributed by atoms with Gasteiger partial charge in [0.1, 0.15) is 0 Å². The highest BCUT2D eigenvalue weighted by atomic mass is 35.5. The van der Waals surface area contributed by atoms with Crippen LogP contribution in [-0.4, -0.2) is 29.7 Å². The van der Waals surface area contributed by atoms with Crippen molar-refractivity contribution < 1.29 is 14.7 Å². The summed E-state index contributed by atoms with van der Waals surface area (Å²) in [5.41, 5.74) is 5.82. The number of hydrogen-bond donors (Lipinski definition) is 3. The summed E-state index contributed by atoms with van der Waals surface area (Å²) in [5.74, 6) is -0.263. The lowest BCUT2D eigenvalue weighted by molar-refractivity contribution is -0.121. The van der Waals surface area contributed by atoms with Gasteiger partial charge in [0.15, 0.2) is 5.84 Å². The van der Waals surface area contributed by atoms with Crippen LogP contribution in [0.2, 0.25) is 5.02 Å². The summed E-state index contributed by atoms with van der Waals surface area (Å²) in [7, 11) is 1.55. The quantitative estimate of drug-likeness (QED) is 0.336. The van der Waals surface area contributed by atoms with Gasteiger partial charge in [-0.15, -0.1) is 0 Å². The number of hydrogen-bond acceptors (Lipinski definition) is 4. The molecule has 0 fully saturated rings. The Morgan fingerprint density at radius 2 is 2.20 bits per heavy atom. The Hall–Kier alpha value is -1.79. The van der Waals surface area contributed by atoms with Crippen LogP contribution in [0, 0.1) is 0 Å². The van der Waals surface area contributed by atoms with Crippen molar-refractivity contribution >= 4 is 29.0 Å². The van der Waals surface area contributed by atoms with Gasteiger partial charge in [0.25, 0.3) is 0 Å². The van der Waals surface area contributed by atoms with E-state index < -0.39 is 5.60 Å². The van der Waals surface area contributed by atoms with Crippen molar-refractivity contribution in [3.63, 3.8) is 0 Å². The Balaban J connectivity index is 2.82. The second kappa shape index (κ2) is 6.58. The first kappa shape index (κ1) is 16.3. The molecule has 4 N–H and O–H groups in total. The van der Waals surface area contributed by atoms with Gasteiger partial charge < -0.3 is 21.0 Å². The highest BCUT2D eigenvalue weighted by Gasteiger charge is 2.21. The van der Waals surface area contributed by atoms with E-state index in [0.29, 0.717) is 16.3 Å². The van der Waals surface area contributed by atoms with Gasteiger partial charge >= 0.3 is 0 Å². The standard InChI is InChI=1S/C13H18ClN3O3/c1-13(2,20-3)7-11(18)16-10-5-4-8(6-9(10)14)12(15)17-19/h4-6,19H,7H2,1-3H3,(H2,15,17)(H,16,18). The summed E-state index contributed by atoms with van der Waals surface area (Å²) in [6.07, 6.45) is 0.196. The van der Waals surface area contributed by atoms with Gasteiger partial charge in [-0.05, 0) is 32.0 Å². The van der Waals surface area contributed by atoms with Crippen molar-refractivity contribution in [3.05, 3.63) is 28.8 Å². The third kappa shape index (κ3) is 4.40. The third-order valence-electron chi connectivity index (χ3n) is 2.79. The van der Waals surface area contributed by atoms with E-state index in [2.05, 4.69) is 10.5 Å². The summed E-state index contributed by atoms with van der Waals surface area (Å²) in [6, 6.07) is 4.69. The maximum absolute atomic E-state index is 11.9. The number of carbonyl (C=O) groups is 1. The Morgan fingerprint density at radius 3 is 2.70 bits per heavy atom. The topological polar surface area (TPSA) is 96.9 Å². The van der Waals surface area contributed by atoms with Crippen molar-refractivity contribution in [2.45, 2.75) is 25.9 Å². The van der Waals surface area contributed by atoms with Crippen LogP contribution in [0.15, 0.2) is 23.4 Å². The Morgan fingerprint density at radius 1 is 1.55 bits per heavy atom. The van der Waals surface area contributed by atoms with Crippen molar-refractivity contribution in [2.75, 3.05) is 12.4 Å². The number of nitrogens with zero attached hydrogens (tertiary/aromatic N) is 1. The van der Waals surface area contributed by atoms with E-state index in [4.69, 9.17) is 27.3 Å². The summed E-state index contributed by atoms with van der Waals surface area (Å²) in [5, 5.41) is 14.5. The molecule has 1 aromatic rings. The molecule has 0 bridgehead atoms. The van der Waals surface area contributed by atoms with Gasteiger partial charge in [0, 0.05) is 12.7 Å². The number of ether oxygens (including phenoxy) is 1. The predicted molar refractivity (Wildman–Crippen MR) is 78.3 cm³/mol. The number of carbonyl (C=O) groups excluding carboxylic acids is 1. The Labute approximate surface area is 122 Å². The molecule has 0 spiro atoms. The zero-order valence-corrected chi connectivity index (χ0v) is 12.4. The van der Waals surface area contributed by atoms with Crippen LogP contribution in [0.3, 0.4) is 0 Å². The van der Waals surface area contributed by atoms with Gasteiger partial charge in [-0.2, -0.15) is 0 Å². The molecule has 0 unspecified atom stereocenters. The van der Waals surface area contributed by atoms with E-state index in [1.165, 1.54) is 6.07 Å². The van der Waals surface area contributed by atoms with Crippen LogP contribution >= 0.6 is 11.6 Å². The second-order valence-electron chi connectivity index (χ2n) is 4.87. The SMILES string of the molecule is COC(C)(C)CC(=O)Nc1ccc(/C(N)=N/O)cc1Cl. The molecular formula is C13H18ClN3O3. The number of oxime groups is 1. The van der Waals surface area contributed by atoms with Gasteiger partial charge in [0.2, 0.25) is 5.91 Å². The Bertz CT molecular complexity index is 530. The molecule has 0 heterocycles. The first-order valence-electron chi connectivity index (χ1n) is 5.91. The summed E-state index contributed by atoms with van der Waals surface area (Å²) >= 11 is 6.04. The summed E-state index contributed by atoms with van der Waals surface area (Å²) in [4.78, 5) is 11.9. The summed E-state index contributed by atoms with van der Waals surface area (Å²) < 4.78 is 5.19. The minimum atomic E-state index is -0.551. The first-order chi connectivity index (χ1) is 9.29. The summed E-state index contributed by atoms with van der Waals surface area (Å²) in [6.45, 7) is 3.63. The van der Waals surface area contributed by atoms with Crippen LogP contribution in [0.4, 0.5) is 5.69 Å². The molecule has 7 heteroatoms. The first-order valence-corrected chi connectivity index (χ1v) is 6.29. The number of amides is 1. The minimum Gasteiger partial charge on any atom is -0.409 e. The lowest BCUT2D eigenvalue weighted by Crippen LogP contribution is -2.29. The molecule has 20 heavy (non-hydrogen) atoms. The van der Waals surface area contributed by atoms with Crippen molar-refractivity contribution in [1.82, 2.24) is 0 Å². The molecule has 0 saturated heterocycles. The van der Waals surface area contributed by atoms with Crippen LogP contribution in [0.5, 0.6) is 0 Å². The molecule has 0 aliphatic carbocycles. The number of rotatable bonds is 5. The molecule has 0 aliphatic heterocycles. The molecular weight excluding hydrogens is 282 g/mol. The second-order valence-corrected chi connectivity index (χ2v) is 5.28. The van der Waals surface area contributed by atoms with Gasteiger partial charge in [-0.1, -0.05) is 16.8 Å². The molecule has 0 aliphatic rings. The zero-order valence-electron chi connectivity index (χ0n) is 11.6. The number of anilines is 1. The fourth-order valence-electron chi connectivity index (χ4n) is 1.49. The van der Waals surface area contributed by atoms with E-state index >= 15 is 0 Å². The van der Waals surface area contributed by atoms with Crippen LogP contribution in [-0.2, 0) is 9.53 Å². The lowest BCUT2D eigenvalue weighted by Gasteiger charge is -2.22. The molecule has 0 radical (unpaired) electrons. The largest absolute Gasteiger partial charge is 0.409 e. The molecule has 6 nitrogen and oxygen atoms in total. The van der Waals surface area contributed by atoms with E-state index in [-0.39, 0.29) is 18.2 Å². The highest BCUT2D eigenvalue weighted by molar-refractivity contribution is 6.34. The molecule has 1 aromatic carbocycles. The van der Waals surface area contributed by atoms with Gasteiger partial charge in [0.05, 0.1) is 22.7 Å². The molecule has 0 saturated carbocycles. The average Bonchev–Trinajstić information content (AvgIpc) is 2.39. The van der Waals surface area contributed by atoms with E-state index in [1.807, 2.05) is 13.8 Å². The molecule has 110 valence electrons. The van der Waals surface area contributed by atoms with Crippen LogP contribution < -0.4 is 11.1 Å². The average molecular weight is 300 g/mol. The number of methoxy groups -OCH3 is 1. The van der Waals surface area contributed by atoms with Crippen molar-refractivity contribution in [3.8, 4) is 0 Å².